The summed E-state index contributed by atoms with van der Waals surface area (Å²) in [5, 5.41) is 8.95. The minimum Gasteiger partial charge on any atom is -0.478 e. The Morgan fingerprint density at radius 2 is 2.00 bits per heavy atom. The molecule has 100 valence electrons. The van der Waals surface area contributed by atoms with Crippen molar-refractivity contribution in [2.45, 2.75) is 0 Å². The van der Waals surface area contributed by atoms with Crippen LogP contribution in [0.4, 0.5) is 0 Å². The summed E-state index contributed by atoms with van der Waals surface area (Å²) in [6.45, 7) is 3.26. The lowest BCUT2D eigenvalue weighted by molar-refractivity contribution is -0.132. The van der Waals surface area contributed by atoms with Gasteiger partial charge in [-0.05, 0) is 7.05 Å². The van der Waals surface area contributed by atoms with Crippen molar-refractivity contribution in [2.24, 2.45) is 4.40 Å². The Morgan fingerprint density at radius 3 is 2.56 bits per heavy atom. The molecule has 2 aliphatic heterocycles. The van der Waals surface area contributed by atoms with Crippen molar-refractivity contribution in [2.75, 3.05) is 39.8 Å². The van der Waals surface area contributed by atoms with Crippen LogP contribution in [0, 0.1) is 0 Å². The number of carboxylic acids is 1. The van der Waals surface area contributed by atoms with Crippen LogP contribution in [0.15, 0.2) is 14.9 Å². The van der Waals surface area contributed by atoms with E-state index in [0.717, 1.165) is 32.4 Å². The Morgan fingerprint density at radius 1 is 1.39 bits per heavy atom. The fraction of sp³-hybridized carbons (Fsp3) is 0.600. The van der Waals surface area contributed by atoms with Gasteiger partial charge < -0.3 is 10.0 Å². The highest BCUT2D eigenvalue weighted by molar-refractivity contribution is 7.94. The molecule has 0 unspecified atom stereocenters. The molecule has 1 N–H and O–H groups in total. The third kappa shape index (κ3) is 2.60. The van der Waals surface area contributed by atoms with Gasteiger partial charge in [0.1, 0.15) is 0 Å². The Kier molecular flexibility index (Phi) is 3.51. The van der Waals surface area contributed by atoms with Crippen LogP contribution in [0.3, 0.4) is 0 Å². The van der Waals surface area contributed by atoms with E-state index in [4.69, 9.17) is 5.11 Å². The van der Waals surface area contributed by atoms with Crippen molar-refractivity contribution in [1.82, 2.24) is 9.80 Å². The van der Waals surface area contributed by atoms with Gasteiger partial charge in [-0.15, -0.1) is 0 Å². The van der Waals surface area contributed by atoms with Crippen LogP contribution in [-0.4, -0.2) is 75.3 Å². The topological polar surface area (TPSA) is 90.3 Å². The molecular weight excluding hydrogens is 258 g/mol. The SMILES string of the molecule is CN1CCN(CC2=C(C(=O)O)C=NS2(=O)=O)CC1. The average Bonchev–Trinajstić information content (AvgIpc) is 2.58. The number of carbonyl (C=O) groups is 1. The fourth-order valence-corrected chi connectivity index (χ4v) is 3.08. The summed E-state index contributed by atoms with van der Waals surface area (Å²) in [5.74, 6) is -1.25. The maximum absolute atomic E-state index is 11.7. The lowest BCUT2D eigenvalue weighted by atomic mass is 10.2. The predicted octanol–water partition coefficient (Wildman–Crippen LogP) is -1.01. The maximum atomic E-state index is 11.7. The molecule has 18 heavy (non-hydrogen) atoms. The summed E-state index contributed by atoms with van der Waals surface area (Å²) in [6.07, 6.45) is 0.920. The molecule has 1 saturated heterocycles. The van der Waals surface area contributed by atoms with Gasteiger partial charge in [0.15, 0.2) is 0 Å². The van der Waals surface area contributed by atoms with E-state index in [2.05, 4.69) is 9.30 Å². The molecule has 0 aromatic carbocycles. The van der Waals surface area contributed by atoms with Crippen LogP contribution in [0.2, 0.25) is 0 Å². The Bertz CT molecular complexity index is 515. The standard InChI is InChI=1S/C10H15N3O4S/c1-12-2-4-13(5-3-12)7-9-8(10(14)15)6-11-18(9,16)17/h6H,2-5,7H2,1H3,(H,14,15). The molecule has 0 bridgehead atoms. The van der Waals surface area contributed by atoms with Crippen LogP contribution >= 0.6 is 0 Å². The van der Waals surface area contributed by atoms with Gasteiger partial charge in [0.2, 0.25) is 0 Å². The number of piperazine rings is 1. The van der Waals surface area contributed by atoms with E-state index in [1.807, 2.05) is 11.9 Å². The van der Waals surface area contributed by atoms with Gasteiger partial charge in [-0.25, -0.2) is 4.79 Å². The number of aliphatic carboxylic acids is 1. The Balaban J connectivity index is 2.16. The van der Waals surface area contributed by atoms with E-state index in [0.29, 0.717) is 0 Å². The zero-order valence-corrected chi connectivity index (χ0v) is 10.9. The Labute approximate surface area is 105 Å². The van der Waals surface area contributed by atoms with Crippen LogP contribution in [0.5, 0.6) is 0 Å². The van der Waals surface area contributed by atoms with Crippen LogP contribution in [0.25, 0.3) is 0 Å². The first kappa shape index (κ1) is 13.2. The van der Waals surface area contributed by atoms with Crippen molar-refractivity contribution >= 4 is 22.2 Å². The molecule has 8 heteroatoms. The largest absolute Gasteiger partial charge is 0.478 e. The molecule has 0 amide bonds. The molecular formula is C10H15N3O4S. The van der Waals surface area contributed by atoms with Crippen molar-refractivity contribution in [3.8, 4) is 0 Å². The number of hydrogen-bond donors (Lipinski definition) is 1. The molecule has 0 spiro atoms. The second kappa shape index (κ2) is 4.79. The monoisotopic (exact) mass is 273 g/mol. The van der Waals surface area contributed by atoms with Crippen molar-refractivity contribution in [3.63, 3.8) is 0 Å². The van der Waals surface area contributed by atoms with Crippen LogP contribution in [-0.2, 0) is 14.8 Å². The second-order valence-corrected chi connectivity index (χ2v) is 6.08. The highest BCUT2D eigenvalue weighted by atomic mass is 32.2. The molecule has 0 saturated carbocycles. The highest BCUT2D eigenvalue weighted by Gasteiger charge is 2.31. The van der Waals surface area contributed by atoms with Crippen molar-refractivity contribution in [1.29, 1.82) is 0 Å². The number of sulfonamides is 1. The van der Waals surface area contributed by atoms with Gasteiger partial charge in [0, 0.05) is 32.7 Å². The van der Waals surface area contributed by atoms with Crippen LogP contribution < -0.4 is 0 Å². The highest BCUT2D eigenvalue weighted by Crippen LogP contribution is 2.21. The molecule has 2 rings (SSSR count). The van der Waals surface area contributed by atoms with E-state index in [1.165, 1.54) is 0 Å². The molecule has 2 heterocycles. The van der Waals surface area contributed by atoms with Gasteiger partial charge >= 0.3 is 5.97 Å². The van der Waals surface area contributed by atoms with Gasteiger partial charge in [0.25, 0.3) is 10.0 Å². The second-order valence-electron chi connectivity index (χ2n) is 4.43. The number of rotatable bonds is 3. The van der Waals surface area contributed by atoms with E-state index in [-0.39, 0.29) is 17.0 Å². The normalized spacial score (nSPS) is 24.7. The zero-order valence-electron chi connectivity index (χ0n) is 10.0. The third-order valence-electron chi connectivity index (χ3n) is 3.13. The minimum atomic E-state index is -3.78. The Hall–Kier alpha value is -1.25. The number of likely N-dealkylation sites (N-methyl/N-ethyl adjacent to an activating group) is 1. The van der Waals surface area contributed by atoms with Crippen molar-refractivity contribution < 1.29 is 18.3 Å². The summed E-state index contributed by atoms with van der Waals surface area (Å²) in [4.78, 5) is 14.9. The third-order valence-corrected chi connectivity index (χ3v) is 4.48. The van der Waals surface area contributed by atoms with E-state index >= 15 is 0 Å². The smallest absolute Gasteiger partial charge is 0.338 e. The quantitative estimate of drug-likeness (QED) is 0.708. The first-order chi connectivity index (χ1) is 8.40. The molecule has 0 atom stereocenters. The molecule has 0 radical (unpaired) electrons. The number of carboxylic acid groups (broad SMARTS) is 1. The maximum Gasteiger partial charge on any atom is 0.338 e. The average molecular weight is 273 g/mol. The molecule has 0 aromatic rings. The van der Waals surface area contributed by atoms with Gasteiger partial charge in [0.05, 0.1) is 16.7 Å². The van der Waals surface area contributed by atoms with Gasteiger partial charge in [-0.1, -0.05) is 0 Å². The van der Waals surface area contributed by atoms with Gasteiger partial charge in [-0.2, -0.15) is 12.8 Å². The number of nitrogens with zero attached hydrogens (tertiary/aromatic N) is 3. The first-order valence-corrected chi connectivity index (χ1v) is 7.02. The summed E-state index contributed by atoms with van der Waals surface area (Å²) in [6, 6.07) is 0. The van der Waals surface area contributed by atoms with Crippen LogP contribution in [0.1, 0.15) is 0 Å². The molecule has 2 aliphatic rings. The van der Waals surface area contributed by atoms with Gasteiger partial charge in [-0.3, -0.25) is 4.90 Å². The lowest BCUT2D eigenvalue weighted by Crippen LogP contribution is -2.45. The molecule has 1 fully saturated rings. The minimum absolute atomic E-state index is 0.0976. The zero-order chi connectivity index (χ0) is 13.3. The van der Waals surface area contributed by atoms with E-state index < -0.39 is 16.0 Å². The van der Waals surface area contributed by atoms with Crippen molar-refractivity contribution in [3.05, 3.63) is 10.5 Å². The molecule has 0 aromatic heterocycles. The van der Waals surface area contributed by atoms with E-state index in [1.54, 1.807) is 0 Å². The molecule has 0 aliphatic carbocycles. The molecule has 7 nitrogen and oxygen atoms in total. The summed E-state index contributed by atoms with van der Waals surface area (Å²) in [5.41, 5.74) is -0.214. The van der Waals surface area contributed by atoms with E-state index in [9.17, 15) is 13.2 Å². The lowest BCUT2D eigenvalue weighted by Gasteiger charge is -2.32. The summed E-state index contributed by atoms with van der Waals surface area (Å²) >= 11 is 0. The predicted molar refractivity (Wildman–Crippen MR) is 66.0 cm³/mol. The fourth-order valence-electron chi connectivity index (χ4n) is 1.95. The summed E-state index contributed by atoms with van der Waals surface area (Å²) in [7, 11) is -1.79. The summed E-state index contributed by atoms with van der Waals surface area (Å²) < 4.78 is 26.6. The first-order valence-electron chi connectivity index (χ1n) is 5.58. The number of hydrogen-bond acceptors (Lipinski definition) is 5.